The van der Waals surface area contributed by atoms with Gasteiger partial charge in [-0.25, -0.2) is 8.42 Å². The molecule has 1 fully saturated rings. The van der Waals surface area contributed by atoms with Crippen LogP contribution >= 0.6 is 10.7 Å². The molecule has 1 atom stereocenters. The summed E-state index contributed by atoms with van der Waals surface area (Å²) in [6.07, 6.45) is 3.53. The van der Waals surface area contributed by atoms with Gasteiger partial charge in [0.15, 0.2) is 0 Å². The van der Waals surface area contributed by atoms with Crippen LogP contribution < -0.4 is 0 Å². The monoisotopic (exact) mass is 236 g/mol. The molecule has 0 aromatic carbocycles. The Hall–Kier alpha value is -0.590. The number of hydrogen-bond donors (Lipinski definition) is 0. The fourth-order valence-electron chi connectivity index (χ4n) is 1.38. The van der Waals surface area contributed by atoms with E-state index in [1.54, 1.807) is 4.68 Å². The third-order valence-electron chi connectivity index (χ3n) is 2.14. The van der Waals surface area contributed by atoms with Gasteiger partial charge in [-0.2, -0.15) is 5.10 Å². The van der Waals surface area contributed by atoms with Crippen molar-refractivity contribution in [1.82, 2.24) is 9.78 Å². The van der Waals surface area contributed by atoms with E-state index in [4.69, 9.17) is 15.4 Å². The van der Waals surface area contributed by atoms with Crippen molar-refractivity contribution in [3.63, 3.8) is 0 Å². The van der Waals surface area contributed by atoms with Gasteiger partial charge in [0.2, 0.25) is 0 Å². The molecule has 1 aromatic rings. The number of halogens is 1. The molecule has 1 aliphatic rings. The highest BCUT2D eigenvalue weighted by molar-refractivity contribution is 8.13. The van der Waals surface area contributed by atoms with Gasteiger partial charge in [0.25, 0.3) is 9.05 Å². The van der Waals surface area contributed by atoms with Crippen LogP contribution in [0.3, 0.4) is 0 Å². The Morgan fingerprint density at radius 3 is 2.93 bits per heavy atom. The molecule has 14 heavy (non-hydrogen) atoms. The van der Waals surface area contributed by atoms with Crippen molar-refractivity contribution < 1.29 is 13.2 Å². The average molecular weight is 237 g/mol. The first-order valence-electron chi connectivity index (χ1n) is 4.14. The Morgan fingerprint density at radius 1 is 1.64 bits per heavy atom. The van der Waals surface area contributed by atoms with Crippen molar-refractivity contribution in [3.8, 4) is 0 Å². The SMILES string of the molecule is O=S(=O)(Cl)c1cnn([C@H]2CCOC2)c1. The first kappa shape index (κ1) is 9.95. The highest BCUT2D eigenvalue weighted by Crippen LogP contribution is 2.20. The largest absolute Gasteiger partial charge is 0.379 e. The second-order valence-corrected chi connectivity index (χ2v) is 5.68. The van der Waals surface area contributed by atoms with Gasteiger partial charge in [-0.05, 0) is 6.42 Å². The van der Waals surface area contributed by atoms with Crippen LogP contribution in [0.25, 0.3) is 0 Å². The minimum atomic E-state index is -3.66. The zero-order valence-electron chi connectivity index (χ0n) is 7.26. The fourth-order valence-corrected chi connectivity index (χ4v) is 2.02. The van der Waals surface area contributed by atoms with Crippen LogP contribution in [0.2, 0.25) is 0 Å². The predicted octanol–water partition coefficient (Wildman–Crippen LogP) is 0.772. The van der Waals surface area contributed by atoms with Crippen molar-refractivity contribution in [2.75, 3.05) is 13.2 Å². The van der Waals surface area contributed by atoms with E-state index in [1.807, 2.05) is 0 Å². The van der Waals surface area contributed by atoms with Crippen LogP contribution in [0.5, 0.6) is 0 Å². The molecule has 2 rings (SSSR count). The molecule has 0 bridgehead atoms. The van der Waals surface area contributed by atoms with E-state index in [2.05, 4.69) is 5.10 Å². The summed E-state index contributed by atoms with van der Waals surface area (Å²) in [7, 11) is 1.50. The lowest BCUT2D eigenvalue weighted by Gasteiger charge is -2.06. The zero-order chi connectivity index (χ0) is 10.2. The van der Waals surface area contributed by atoms with Gasteiger partial charge in [0.05, 0.1) is 18.8 Å². The maximum Gasteiger partial charge on any atom is 0.264 e. The molecule has 2 heterocycles. The third kappa shape index (κ3) is 1.92. The summed E-state index contributed by atoms with van der Waals surface area (Å²) >= 11 is 0. The zero-order valence-corrected chi connectivity index (χ0v) is 8.83. The molecule has 0 aliphatic carbocycles. The summed E-state index contributed by atoms with van der Waals surface area (Å²) < 4.78 is 28.6. The van der Waals surface area contributed by atoms with E-state index in [0.29, 0.717) is 13.2 Å². The van der Waals surface area contributed by atoms with Crippen LogP contribution in [0.15, 0.2) is 17.3 Å². The van der Waals surface area contributed by atoms with Crippen LogP contribution in [-0.2, 0) is 13.8 Å². The molecular formula is C7H9ClN2O3S. The van der Waals surface area contributed by atoms with Gasteiger partial charge in [-0.1, -0.05) is 0 Å². The van der Waals surface area contributed by atoms with Crippen molar-refractivity contribution >= 4 is 19.7 Å². The quantitative estimate of drug-likeness (QED) is 0.712. The highest BCUT2D eigenvalue weighted by atomic mass is 35.7. The van der Waals surface area contributed by atoms with E-state index in [1.165, 1.54) is 12.4 Å². The summed E-state index contributed by atoms with van der Waals surface area (Å²) in [6, 6.07) is 0.127. The Kier molecular flexibility index (Phi) is 2.50. The molecule has 1 saturated heterocycles. The van der Waals surface area contributed by atoms with Gasteiger partial charge in [-0.15, -0.1) is 0 Å². The predicted molar refractivity (Wildman–Crippen MR) is 49.7 cm³/mol. The summed E-state index contributed by atoms with van der Waals surface area (Å²) in [5.74, 6) is 0. The molecule has 0 saturated carbocycles. The van der Waals surface area contributed by atoms with Crippen LogP contribution in [-0.4, -0.2) is 31.4 Å². The molecule has 0 spiro atoms. The molecule has 0 N–H and O–H groups in total. The van der Waals surface area contributed by atoms with Crippen molar-refractivity contribution in [2.24, 2.45) is 0 Å². The van der Waals surface area contributed by atoms with Crippen LogP contribution in [0.1, 0.15) is 12.5 Å². The minimum absolute atomic E-state index is 0.0334. The number of ether oxygens (including phenoxy) is 1. The maximum atomic E-state index is 10.9. The first-order chi connectivity index (χ1) is 6.57. The van der Waals surface area contributed by atoms with E-state index in [0.717, 1.165) is 6.42 Å². The summed E-state index contributed by atoms with van der Waals surface area (Å²) in [5.41, 5.74) is 0. The smallest absolute Gasteiger partial charge is 0.264 e. The van der Waals surface area contributed by atoms with E-state index < -0.39 is 9.05 Å². The lowest BCUT2D eigenvalue weighted by atomic mass is 10.3. The van der Waals surface area contributed by atoms with Crippen molar-refractivity contribution in [3.05, 3.63) is 12.4 Å². The molecule has 1 aromatic heterocycles. The second-order valence-electron chi connectivity index (χ2n) is 3.11. The van der Waals surface area contributed by atoms with Crippen molar-refractivity contribution in [2.45, 2.75) is 17.4 Å². The van der Waals surface area contributed by atoms with Gasteiger partial charge in [0, 0.05) is 23.5 Å². The summed E-state index contributed by atoms with van der Waals surface area (Å²) in [6.45, 7) is 1.26. The summed E-state index contributed by atoms with van der Waals surface area (Å²) in [4.78, 5) is 0.0334. The standard InChI is InChI=1S/C7H9ClN2O3S/c8-14(11,12)7-3-9-10(4-7)6-1-2-13-5-6/h3-4,6H,1-2,5H2/t6-/m0/s1. The molecule has 0 unspecified atom stereocenters. The lowest BCUT2D eigenvalue weighted by molar-refractivity contribution is 0.184. The van der Waals surface area contributed by atoms with Gasteiger partial charge < -0.3 is 4.74 Å². The lowest BCUT2D eigenvalue weighted by Crippen LogP contribution is -2.08. The molecule has 1 aliphatic heterocycles. The third-order valence-corrected chi connectivity index (χ3v) is 3.45. The highest BCUT2D eigenvalue weighted by Gasteiger charge is 2.20. The Bertz CT molecular complexity index is 422. The van der Waals surface area contributed by atoms with Gasteiger partial charge in [0.1, 0.15) is 4.90 Å². The molecule has 78 valence electrons. The Balaban J connectivity index is 2.25. The number of aromatic nitrogens is 2. The van der Waals surface area contributed by atoms with E-state index in [-0.39, 0.29) is 10.9 Å². The number of hydrogen-bond acceptors (Lipinski definition) is 4. The van der Waals surface area contributed by atoms with Gasteiger partial charge >= 0.3 is 0 Å². The van der Waals surface area contributed by atoms with Gasteiger partial charge in [-0.3, -0.25) is 4.68 Å². The maximum absolute atomic E-state index is 10.9. The van der Waals surface area contributed by atoms with Crippen LogP contribution in [0.4, 0.5) is 0 Å². The molecule has 0 amide bonds. The summed E-state index contributed by atoms with van der Waals surface area (Å²) in [5, 5.41) is 3.94. The average Bonchev–Trinajstić information content (AvgIpc) is 2.73. The Labute approximate surface area is 86.0 Å². The second kappa shape index (κ2) is 3.52. The topological polar surface area (TPSA) is 61.2 Å². The van der Waals surface area contributed by atoms with E-state index >= 15 is 0 Å². The molecule has 5 nitrogen and oxygen atoms in total. The van der Waals surface area contributed by atoms with Crippen molar-refractivity contribution in [1.29, 1.82) is 0 Å². The molecule has 0 radical (unpaired) electrons. The fraction of sp³-hybridized carbons (Fsp3) is 0.571. The molecule has 7 heteroatoms. The minimum Gasteiger partial charge on any atom is -0.379 e. The normalized spacial score (nSPS) is 22.8. The van der Waals surface area contributed by atoms with E-state index in [9.17, 15) is 8.42 Å². The number of nitrogens with zero attached hydrogens (tertiary/aromatic N) is 2. The van der Waals surface area contributed by atoms with Crippen LogP contribution in [0, 0.1) is 0 Å². The Morgan fingerprint density at radius 2 is 2.43 bits per heavy atom. The number of rotatable bonds is 2. The first-order valence-corrected chi connectivity index (χ1v) is 6.45. The molecular weight excluding hydrogens is 228 g/mol.